The fourth-order valence-corrected chi connectivity index (χ4v) is 1.35. The van der Waals surface area contributed by atoms with Crippen LogP contribution in [-0.2, 0) is 39.0 Å². The molecule has 0 spiro atoms. The normalized spacial score (nSPS) is 12.2. The molecule has 1 atom stereocenters. The van der Waals surface area contributed by atoms with Gasteiger partial charge in [0, 0.05) is 18.3 Å². The Balaban J connectivity index is 0. The summed E-state index contributed by atoms with van der Waals surface area (Å²) in [6, 6.07) is 0. The van der Waals surface area contributed by atoms with Gasteiger partial charge in [0.15, 0.2) is 6.29 Å². The Morgan fingerprint density at radius 1 is 1.59 bits per heavy atom. The second-order valence-corrected chi connectivity index (χ2v) is 4.76. The number of aldehydes is 1. The Morgan fingerprint density at radius 2 is 2.09 bits per heavy atom. The first-order valence-corrected chi connectivity index (χ1v) is 6.82. The van der Waals surface area contributed by atoms with E-state index in [-0.39, 0.29) is 47.7 Å². The summed E-state index contributed by atoms with van der Waals surface area (Å²) in [6.07, 6.45) is 1.55. The molecule has 121 valence electrons. The maximum atomic E-state index is 10.7. The number of carboxylic acids is 1. The predicted octanol–water partition coefficient (Wildman–Crippen LogP) is -2.42. The Morgan fingerprint density at radius 3 is 2.45 bits per heavy atom. The van der Waals surface area contributed by atoms with Crippen molar-refractivity contribution >= 4 is 20.1 Å². The minimum absolute atomic E-state index is 0. The molecule has 1 unspecified atom stereocenters. The molecular formula is C10H13N2O8PV. The van der Waals surface area contributed by atoms with Crippen LogP contribution in [0.25, 0.3) is 0 Å². The number of aromatic nitrogens is 1. The third-order valence-corrected chi connectivity index (χ3v) is 2.48. The van der Waals surface area contributed by atoms with Crippen molar-refractivity contribution in [2.75, 3.05) is 6.54 Å². The van der Waals surface area contributed by atoms with Crippen molar-refractivity contribution in [3.63, 3.8) is 0 Å². The molecule has 0 saturated heterocycles. The molecule has 0 amide bonds. The molecular weight excluding hydrogens is 358 g/mol. The van der Waals surface area contributed by atoms with Crippen molar-refractivity contribution in [3.05, 3.63) is 23.0 Å². The van der Waals surface area contributed by atoms with Gasteiger partial charge in [-0.15, -0.1) is 0 Å². The van der Waals surface area contributed by atoms with Crippen LogP contribution in [-0.4, -0.2) is 33.8 Å². The van der Waals surface area contributed by atoms with Crippen LogP contribution in [0.5, 0.6) is 5.75 Å². The Bertz CT molecular complexity index is 562. The molecule has 4 N–H and O–H groups in total. The van der Waals surface area contributed by atoms with Gasteiger partial charge in [-0.05, 0) is 6.92 Å². The molecule has 12 heteroatoms. The average Bonchev–Trinajstić information content (AvgIpc) is 2.39. The van der Waals surface area contributed by atoms with Crippen molar-refractivity contribution in [2.24, 2.45) is 5.73 Å². The molecule has 1 rings (SSSR count). The van der Waals surface area contributed by atoms with E-state index in [1.54, 1.807) is 0 Å². The zero-order valence-corrected chi connectivity index (χ0v) is 13.6. The number of pyridine rings is 1. The summed E-state index contributed by atoms with van der Waals surface area (Å²) >= 11 is 0. The number of hydrogen-bond acceptors (Lipinski definition) is 9. The summed E-state index contributed by atoms with van der Waals surface area (Å²) < 4.78 is 14.4. The van der Waals surface area contributed by atoms with Crippen LogP contribution < -0.4 is 15.7 Å². The average molecular weight is 371 g/mol. The summed E-state index contributed by atoms with van der Waals surface area (Å²) in [6.45, 7) is 0.531. The second-order valence-electron chi connectivity index (χ2n) is 3.57. The van der Waals surface area contributed by atoms with E-state index in [0.29, 0.717) is 6.29 Å². The predicted molar refractivity (Wildman–Crippen MR) is 64.7 cm³/mol. The van der Waals surface area contributed by atoms with Crippen molar-refractivity contribution in [1.82, 2.24) is 4.98 Å². The van der Waals surface area contributed by atoms with Gasteiger partial charge in [0.25, 0.3) is 7.82 Å². The molecule has 0 bridgehead atoms. The Labute approximate surface area is 137 Å². The van der Waals surface area contributed by atoms with Crippen molar-refractivity contribution in [1.29, 1.82) is 0 Å². The maximum Gasteiger partial charge on any atom is 2.00 e. The van der Waals surface area contributed by atoms with Gasteiger partial charge in [0.1, 0.15) is 5.75 Å². The van der Waals surface area contributed by atoms with Gasteiger partial charge in [0.05, 0.1) is 23.8 Å². The standard InChI is InChI=1S/C8H10NO6P.C2H5NO2.V/c1-5-8(11)7(3-10)6(2-9-5)4-15-16(12,13)14;3-1-2(4)5;/h2-3,11H,4H2,1H3,(H2,12,13,14);1,3H2,(H,4,5);/q;;+2/p-2. The molecule has 1 heterocycles. The topological polar surface area (TPSA) is 186 Å². The van der Waals surface area contributed by atoms with Crippen LogP contribution in [0.15, 0.2) is 6.20 Å². The van der Waals surface area contributed by atoms with Gasteiger partial charge in [0.2, 0.25) is 0 Å². The molecule has 1 aromatic rings. The summed E-state index contributed by atoms with van der Waals surface area (Å²) in [4.78, 5) is 42.2. The number of carbonyl (C=O) groups excluding carboxylic acids is 2. The van der Waals surface area contributed by atoms with Gasteiger partial charge < -0.3 is 35.1 Å². The van der Waals surface area contributed by atoms with E-state index in [1.165, 1.54) is 13.1 Å². The van der Waals surface area contributed by atoms with Gasteiger partial charge in [-0.25, -0.2) is 0 Å². The second kappa shape index (κ2) is 10.5. The summed E-state index contributed by atoms with van der Waals surface area (Å²) in [5.74, 6) is -1.56. The Kier molecular flexibility index (Phi) is 11.0. The van der Waals surface area contributed by atoms with E-state index in [9.17, 15) is 19.4 Å². The number of aliphatic carboxylic acids is 1. The number of nitrogens with zero attached hydrogens (tertiary/aromatic N) is 1. The van der Waals surface area contributed by atoms with Gasteiger partial charge >= 0.3 is 18.6 Å². The van der Waals surface area contributed by atoms with Crippen molar-refractivity contribution in [3.8, 4) is 5.75 Å². The number of hydrogen-bond donors (Lipinski definition) is 3. The van der Waals surface area contributed by atoms with Crippen LogP contribution in [0.2, 0.25) is 0 Å². The van der Waals surface area contributed by atoms with Crippen LogP contribution in [0.1, 0.15) is 21.6 Å². The number of aromatic hydroxyl groups is 1. The van der Waals surface area contributed by atoms with Crippen LogP contribution in [0, 0.1) is 6.92 Å². The van der Waals surface area contributed by atoms with E-state index in [4.69, 9.17) is 14.8 Å². The molecule has 0 aliphatic rings. The van der Waals surface area contributed by atoms with Gasteiger partial charge in [-0.3, -0.25) is 14.3 Å². The minimum atomic E-state index is -4.86. The van der Waals surface area contributed by atoms with E-state index < -0.39 is 20.4 Å². The SMILES string of the molecule is Cc1ncc(COP(=O)([O-])O)c(C=O)c1O.NCC(=O)[O-].[V+2]. The largest absolute Gasteiger partial charge is 2.00 e. The maximum absolute atomic E-state index is 10.7. The van der Waals surface area contributed by atoms with Gasteiger partial charge in [-0.1, -0.05) is 0 Å². The zero-order valence-electron chi connectivity index (χ0n) is 11.3. The number of nitrogens with two attached hydrogens (primary N) is 1. The number of phosphoric ester groups is 1. The van der Waals surface area contributed by atoms with Crippen LogP contribution >= 0.6 is 7.82 Å². The fourth-order valence-electron chi connectivity index (χ4n) is 1.05. The molecule has 1 radical (unpaired) electrons. The summed E-state index contributed by atoms with van der Waals surface area (Å²) in [5.41, 5.74) is 4.71. The Hall–Kier alpha value is -1.26. The first-order valence-electron chi connectivity index (χ1n) is 5.33. The number of rotatable bonds is 5. The number of carbonyl (C=O) groups is 2. The third-order valence-electron chi connectivity index (χ3n) is 2.03. The molecule has 0 aliphatic heterocycles. The quantitative estimate of drug-likeness (QED) is 0.371. The van der Waals surface area contributed by atoms with Gasteiger partial charge in [-0.2, -0.15) is 0 Å². The number of aryl methyl sites for hydroxylation is 1. The fraction of sp³-hybridized carbons (Fsp3) is 0.300. The molecule has 0 fully saturated rings. The molecule has 0 aromatic carbocycles. The van der Waals surface area contributed by atoms with E-state index >= 15 is 0 Å². The molecule has 1 aromatic heterocycles. The number of carboxylic acid groups (broad SMARTS) is 1. The van der Waals surface area contributed by atoms with E-state index in [0.717, 1.165) is 0 Å². The first-order chi connectivity index (χ1) is 9.62. The monoisotopic (exact) mass is 371 g/mol. The smallest absolute Gasteiger partial charge is 0.756 e. The zero-order chi connectivity index (χ0) is 16.6. The first kappa shape index (κ1) is 23.0. The van der Waals surface area contributed by atoms with Crippen LogP contribution in [0.3, 0.4) is 0 Å². The van der Waals surface area contributed by atoms with Crippen molar-refractivity contribution in [2.45, 2.75) is 13.5 Å². The summed E-state index contributed by atoms with van der Waals surface area (Å²) in [5, 5.41) is 18.6. The minimum Gasteiger partial charge on any atom is -0.756 e. The molecule has 0 saturated carbocycles. The summed E-state index contributed by atoms with van der Waals surface area (Å²) in [7, 11) is -4.86. The van der Waals surface area contributed by atoms with E-state index in [1.807, 2.05) is 0 Å². The molecule has 22 heavy (non-hydrogen) atoms. The molecule has 10 nitrogen and oxygen atoms in total. The van der Waals surface area contributed by atoms with Crippen molar-refractivity contribution < 1.29 is 57.2 Å². The van der Waals surface area contributed by atoms with Crippen LogP contribution in [0.4, 0.5) is 0 Å². The van der Waals surface area contributed by atoms with E-state index in [2.05, 4.69) is 15.2 Å². The number of phosphoric acid groups is 1. The molecule has 0 aliphatic carbocycles. The third kappa shape index (κ3) is 8.90.